The molecular formula is C51H65IrN2O2S-. The molecule has 1 aliphatic carbocycles. The molecule has 2 aromatic carbocycles. The third-order valence-corrected chi connectivity index (χ3v) is 13.5. The summed E-state index contributed by atoms with van der Waals surface area (Å²) in [5, 5.41) is 14.9. The molecule has 57 heavy (non-hydrogen) atoms. The maximum Gasteiger partial charge on any atom is 0.164 e. The number of hydrogen-bond donors (Lipinski definition) is 1. The minimum absolute atomic E-state index is 0. The van der Waals surface area contributed by atoms with Gasteiger partial charge in [0.2, 0.25) is 0 Å². The Labute approximate surface area is 361 Å². The van der Waals surface area contributed by atoms with E-state index in [4.69, 9.17) is 9.97 Å². The number of ketones is 1. The van der Waals surface area contributed by atoms with Crippen molar-refractivity contribution in [2.45, 2.75) is 140 Å². The van der Waals surface area contributed by atoms with Gasteiger partial charge in [0, 0.05) is 75.8 Å². The molecule has 5 aromatic rings. The van der Waals surface area contributed by atoms with Crippen molar-refractivity contribution in [3.8, 4) is 22.4 Å². The third kappa shape index (κ3) is 9.56. The summed E-state index contributed by atoms with van der Waals surface area (Å²) in [5.41, 5.74) is 11.2. The minimum atomic E-state index is -0.337. The van der Waals surface area contributed by atoms with E-state index in [0.717, 1.165) is 60.0 Å². The number of nitrogens with zero attached hydrogens (tertiary/aromatic N) is 2. The predicted octanol–water partition coefficient (Wildman–Crippen LogP) is 14.8. The van der Waals surface area contributed by atoms with Gasteiger partial charge in [-0.2, -0.15) is 0 Å². The third-order valence-electron chi connectivity index (χ3n) is 12.5. The Morgan fingerprint density at radius 3 is 2.19 bits per heavy atom. The Kier molecular flexibility index (Phi) is 14.5. The first kappa shape index (κ1) is 46.3. The van der Waals surface area contributed by atoms with E-state index in [2.05, 4.69) is 109 Å². The van der Waals surface area contributed by atoms with Crippen LogP contribution in [0.15, 0.2) is 72.0 Å². The van der Waals surface area contributed by atoms with Crippen molar-refractivity contribution in [2.75, 3.05) is 0 Å². The molecule has 1 N–H and O–H groups in total. The summed E-state index contributed by atoms with van der Waals surface area (Å²) in [6.45, 7) is 30.2. The number of pyridine rings is 2. The van der Waals surface area contributed by atoms with E-state index in [9.17, 15) is 9.90 Å². The first-order valence-electron chi connectivity index (χ1n) is 20.7. The van der Waals surface area contributed by atoms with Gasteiger partial charge in [-0.05, 0) is 89.5 Å². The van der Waals surface area contributed by atoms with E-state index >= 15 is 0 Å². The van der Waals surface area contributed by atoms with Crippen molar-refractivity contribution in [3.05, 3.63) is 100 Å². The monoisotopic (exact) mass is 962 g/mol. The Balaban J connectivity index is 0.000000341. The average Bonchev–Trinajstić information content (AvgIpc) is 3.67. The fourth-order valence-electron chi connectivity index (χ4n) is 7.81. The van der Waals surface area contributed by atoms with Crippen LogP contribution in [0.2, 0.25) is 0 Å². The van der Waals surface area contributed by atoms with Gasteiger partial charge in [-0.1, -0.05) is 137 Å². The summed E-state index contributed by atoms with van der Waals surface area (Å²) < 4.78 is 1.35. The van der Waals surface area contributed by atoms with E-state index < -0.39 is 0 Å². The second-order valence-electron chi connectivity index (χ2n) is 18.6. The number of allylic oxidation sites excluding steroid dienone is 4. The van der Waals surface area contributed by atoms with Crippen molar-refractivity contribution in [1.82, 2.24) is 9.97 Å². The smallest absolute Gasteiger partial charge is 0.164 e. The normalized spacial score (nSPS) is 14.3. The van der Waals surface area contributed by atoms with Crippen LogP contribution in [0.4, 0.5) is 0 Å². The number of benzene rings is 2. The van der Waals surface area contributed by atoms with Crippen LogP contribution in [0.1, 0.15) is 145 Å². The standard InChI is InChI=1S/C36H37N2S.C15H28O2.Ir/c1-21(2)14-26-20-39-31-17-23(11-12-27(26)31)28-18-30(38-34-32(28)22(3)19-36(34,7)8)25-15-24-10-9-13-37-33(24)29(16-25)35(4,5)6;1-7-14(5,8-2)12(16)11-13(17)15(6,9-3)10-4;/h9-13,16-21H,14H2,1-8H3;11,16H,7-10H2,1-6H3;/q-1;;/b;12-11-;. The minimum Gasteiger partial charge on any atom is -0.512 e. The largest absolute Gasteiger partial charge is 0.512 e. The van der Waals surface area contributed by atoms with E-state index in [-0.39, 0.29) is 53.3 Å². The van der Waals surface area contributed by atoms with Gasteiger partial charge in [-0.25, -0.2) is 0 Å². The second-order valence-corrected chi connectivity index (χ2v) is 19.5. The summed E-state index contributed by atoms with van der Waals surface area (Å²) in [7, 11) is 0. The number of hydrogen-bond acceptors (Lipinski definition) is 5. The van der Waals surface area contributed by atoms with Crippen LogP contribution in [0.3, 0.4) is 0 Å². The maximum absolute atomic E-state index is 12.2. The first-order chi connectivity index (χ1) is 26.2. The molecule has 3 aromatic heterocycles. The number of aliphatic hydroxyl groups is 1. The van der Waals surface area contributed by atoms with Gasteiger partial charge in [0.25, 0.3) is 0 Å². The molecule has 0 unspecified atom stereocenters. The van der Waals surface area contributed by atoms with Crippen LogP contribution in [-0.4, -0.2) is 20.9 Å². The molecule has 0 saturated carbocycles. The molecule has 1 aliphatic rings. The molecule has 0 atom stereocenters. The van der Waals surface area contributed by atoms with Gasteiger partial charge in [0.15, 0.2) is 5.78 Å². The van der Waals surface area contributed by atoms with E-state index in [1.807, 2.05) is 65.1 Å². The zero-order valence-electron chi connectivity index (χ0n) is 37.0. The number of rotatable bonds is 11. The Morgan fingerprint density at radius 1 is 0.947 bits per heavy atom. The zero-order chi connectivity index (χ0) is 41.4. The predicted molar refractivity (Wildman–Crippen MR) is 242 cm³/mol. The second kappa shape index (κ2) is 17.8. The van der Waals surface area contributed by atoms with Gasteiger partial charge in [-0.15, -0.1) is 29.5 Å². The van der Waals surface area contributed by atoms with Crippen molar-refractivity contribution in [2.24, 2.45) is 16.7 Å². The molecule has 307 valence electrons. The fraction of sp³-hybridized carbons (Fsp3) is 0.471. The Morgan fingerprint density at radius 2 is 1.60 bits per heavy atom. The van der Waals surface area contributed by atoms with Crippen molar-refractivity contribution in [3.63, 3.8) is 0 Å². The summed E-state index contributed by atoms with van der Waals surface area (Å²) in [5.74, 6) is 0.934. The molecule has 0 bridgehead atoms. The fourth-order valence-corrected chi connectivity index (χ4v) is 8.83. The van der Waals surface area contributed by atoms with E-state index in [1.165, 1.54) is 49.6 Å². The van der Waals surface area contributed by atoms with Gasteiger partial charge in [-0.3, -0.25) is 14.8 Å². The number of carbonyl (C=O) groups excluding carboxylic acids is 1. The summed E-state index contributed by atoms with van der Waals surface area (Å²) in [6.07, 6.45) is 10.1. The van der Waals surface area contributed by atoms with Gasteiger partial charge < -0.3 is 5.11 Å². The quantitative estimate of drug-likeness (QED) is 0.0814. The molecule has 0 amide bonds. The van der Waals surface area contributed by atoms with Crippen LogP contribution in [0.25, 0.3) is 48.9 Å². The van der Waals surface area contributed by atoms with Crippen LogP contribution < -0.4 is 0 Å². The Hall–Kier alpha value is -3.44. The number of aliphatic hydroxyl groups excluding tert-OH is 1. The molecule has 4 nitrogen and oxygen atoms in total. The summed E-state index contributed by atoms with van der Waals surface area (Å²) in [4.78, 5) is 22.2. The molecule has 3 heterocycles. The topological polar surface area (TPSA) is 63.1 Å². The Bertz CT molecular complexity index is 2290. The number of carbonyl (C=O) groups is 1. The number of thiophene rings is 1. The van der Waals surface area contributed by atoms with Gasteiger partial charge in [0.1, 0.15) is 5.76 Å². The zero-order valence-corrected chi connectivity index (χ0v) is 40.2. The summed E-state index contributed by atoms with van der Waals surface area (Å²) in [6, 6.07) is 19.4. The van der Waals surface area contributed by atoms with Crippen molar-refractivity contribution < 1.29 is 30.0 Å². The summed E-state index contributed by atoms with van der Waals surface area (Å²) >= 11 is 1.86. The first-order valence-corrected chi connectivity index (χ1v) is 21.6. The molecular weight excluding hydrogens is 897 g/mol. The molecule has 0 saturated heterocycles. The van der Waals surface area contributed by atoms with E-state index in [1.54, 1.807) is 0 Å². The molecule has 0 aliphatic heterocycles. The average molecular weight is 962 g/mol. The van der Waals surface area contributed by atoms with Crippen LogP contribution >= 0.6 is 11.3 Å². The molecule has 6 heteroatoms. The van der Waals surface area contributed by atoms with Crippen LogP contribution in [0.5, 0.6) is 0 Å². The van der Waals surface area contributed by atoms with Crippen molar-refractivity contribution in [1.29, 1.82) is 0 Å². The van der Waals surface area contributed by atoms with Crippen molar-refractivity contribution >= 4 is 43.7 Å². The SMILES string of the molecule is CC1=CC(C)(C)c2nc(-c3[c-]c4cccnc4c(C(C)(C)C)c3)cc(-c3ccc4c(CC(C)C)csc4c3)c21.CCC(C)(CC)C(=O)/C=C(\O)C(C)(CC)CC.[Ir]. The molecule has 0 fully saturated rings. The molecule has 6 rings (SSSR count). The van der Waals surface area contributed by atoms with Crippen LogP contribution in [-0.2, 0) is 42.2 Å². The van der Waals surface area contributed by atoms with E-state index in [0.29, 0.717) is 5.92 Å². The number of fused-ring (bicyclic) bond motifs is 3. The van der Waals surface area contributed by atoms with Gasteiger partial charge >= 0.3 is 0 Å². The molecule has 0 spiro atoms. The van der Waals surface area contributed by atoms with Gasteiger partial charge in [0.05, 0.1) is 0 Å². The maximum atomic E-state index is 12.2. The number of aromatic nitrogens is 2. The molecule has 1 radical (unpaired) electrons. The van der Waals surface area contributed by atoms with Crippen LogP contribution in [0, 0.1) is 22.8 Å².